The summed E-state index contributed by atoms with van der Waals surface area (Å²) in [6.45, 7) is 2.12. The van der Waals surface area contributed by atoms with E-state index in [9.17, 15) is 9.59 Å². The van der Waals surface area contributed by atoms with Gasteiger partial charge in [0.1, 0.15) is 5.75 Å². The van der Waals surface area contributed by atoms with Crippen LogP contribution in [0.1, 0.15) is 40.9 Å². The lowest BCUT2D eigenvalue weighted by Gasteiger charge is -2.50. The van der Waals surface area contributed by atoms with E-state index >= 15 is 0 Å². The molecule has 2 aromatic rings. The molecule has 4 rings (SSSR count). The maximum Gasteiger partial charge on any atom is 0.338 e. The molecule has 5 nitrogen and oxygen atoms in total. The molecule has 0 radical (unpaired) electrons. The molecule has 1 aliphatic carbocycles. The summed E-state index contributed by atoms with van der Waals surface area (Å²) in [6.07, 6.45) is 1.76. The molecule has 0 N–H and O–H groups in total. The fraction of sp³-hybridized carbons (Fsp3) is 0.333. The Balaban J connectivity index is 1.63. The van der Waals surface area contributed by atoms with Crippen molar-refractivity contribution in [3.63, 3.8) is 0 Å². The quantitative estimate of drug-likeness (QED) is 0.625. The summed E-state index contributed by atoms with van der Waals surface area (Å²) in [7, 11) is 1.66. The molecule has 0 unspecified atom stereocenters. The molecule has 5 heteroatoms. The lowest BCUT2D eigenvalue weighted by atomic mass is 9.72. The van der Waals surface area contributed by atoms with Crippen molar-refractivity contribution in [3.8, 4) is 5.75 Å². The second-order valence-corrected chi connectivity index (χ2v) is 6.63. The van der Waals surface area contributed by atoms with Crippen LogP contribution in [0.3, 0.4) is 0 Å². The molecule has 1 amide bonds. The second kappa shape index (κ2) is 6.48. The normalized spacial score (nSPS) is 20.7. The van der Waals surface area contributed by atoms with Gasteiger partial charge in [-0.15, -0.1) is 0 Å². The van der Waals surface area contributed by atoms with Gasteiger partial charge in [0.2, 0.25) is 5.91 Å². The molecule has 0 bridgehead atoms. The number of β-lactam (4-membered cyclic amide) rings is 1. The average Bonchev–Trinajstić information content (AvgIpc) is 2.67. The Morgan fingerprint density at radius 2 is 1.96 bits per heavy atom. The molecule has 0 aromatic heterocycles. The fourth-order valence-corrected chi connectivity index (χ4v) is 3.97. The molecular formula is C21H21NO4. The number of fused-ring (bicyclic) bond motifs is 3. The van der Waals surface area contributed by atoms with Crippen molar-refractivity contribution in [2.45, 2.75) is 25.8 Å². The number of esters is 1. The first kappa shape index (κ1) is 16.6. The van der Waals surface area contributed by atoms with Gasteiger partial charge in [-0.25, -0.2) is 4.79 Å². The molecule has 1 aliphatic heterocycles. The van der Waals surface area contributed by atoms with E-state index in [0.717, 1.165) is 24.3 Å². The van der Waals surface area contributed by atoms with Gasteiger partial charge in [0.25, 0.3) is 0 Å². The first-order valence-corrected chi connectivity index (χ1v) is 8.91. The van der Waals surface area contributed by atoms with E-state index in [0.29, 0.717) is 12.2 Å². The van der Waals surface area contributed by atoms with Crippen LogP contribution in [0.4, 0.5) is 5.69 Å². The van der Waals surface area contributed by atoms with Gasteiger partial charge in [0.15, 0.2) is 0 Å². The molecule has 134 valence electrons. The number of rotatable bonds is 4. The standard InChI is InChI=1S/C21H21NO4/c1-3-26-21(24)13-4-7-15(8-5-13)22-19-17-11-9-16(25-2)12-14(17)6-10-18(19)20(22)23/h4-5,7-9,11-12,18-19H,3,6,10H2,1-2H3/t18-,19+/m0/s1. The van der Waals surface area contributed by atoms with E-state index < -0.39 is 0 Å². The Hall–Kier alpha value is -2.82. The first-order chi connectivity index (χ1) is 12.6. The predicted molar refractivity (Wildman–Crippen MR) is 97.4 cm³/mol. The minimum absolute atomic E-state index is 0.0422. The topological polar surface area (TPSA) is 55.8 Å². The highest BCUT2D eigenvalue weighted by Crippen LogP contribution is 2.49. The van der Waals surface area contributed by atoms with E-state index in [-0.39, 0.29) is 23.8 Å². The Morgan fingerprint density at radius 1 is 1.19 bits per heavy atom. The average molecular weight is 351 g/mol. The van der Waals surface area contributed by atoms with Crippen molar-refractivity contribution >= 4 is 17.6 Å². The number of carbonyl (C=O) groups excluding carboxylic acids is 2. The number of methoxy groups -OCH3 is 1. The van der Waals surface area contributed by atoms with Crippen LogP contribution in [0.5, 0.6) is 5.75 Å². The molecule has 1 saturated heterocycles. The van der Waals surface area contributed by atoms with Gasteiger partial charge in [-0.3, -0.25) is 4.79 Å². The monoisotopic (exact) mass is 351 g/mol. The number of amides is 1. The summed E-state index contributed by atoms with van der Waals surface area (Å²) in [4.78, 5) is 26.3. The van der Waals surface area contributed by atoms with Crippen molar-refractivity contribution < 1.29 is 19.1 Å². The fourth-order valence-electron chi connectivity index (χ4n) is 3.97. The smallest absolute Gasteiger partial charge is 0.338 e. The Bertz CT molecular complexity index is 859. The number of ether oxygens (including phenoxy) is 2. The zero-order valence-corrected chi connectivity index (χ0v) is 14.9. The zero-order valence-electron chi connectivity index (χ0n) is 14.9. The van der Waals surface area contributed by atoms with Gasteiger partial charge < -0.3 is 14.4 Å². The molecule has 0 spiro atoms. The largest absolute Gasteiger partial charge is 0.497 e. The van der Waals surface area contributed by atoms with Crippen molar-refractivity contribution in [3.05, 3.63) is 59.2 Å². The van der Waals surface area contributed by atoms with Crippen molar-refractivity contribution in [2.75, 3.05) is 18.6 Å². The summed E-state index contributed by atoms with van der Waals surface area (Å²) < 4.78 is 10.3. The number of aryl methyl sites for hydroxylation is 1. The van der Waals surface area contributed by atoms with Crippen molar-refractivity contribution in [1.29, 1.82) is 0 Å². The Kier molecular flexibility index (Phi) is 4.15. The second-order valence-electron chi connectivity index (χ2n) is 6.63. The van der Waals surface area contributed by atoms with E-state index in [1.54, 1.807) is 26.2 Å². The minimum Gasteiger partial charge on any atom is -0.497 e. The van der Waals surface area contributed by atoms with Crippen LogP contribution >= 0.6 is 0 Å². The van der Waals surface area contributed by atoms with Crippen LogP contribution in [0.15, 0.2) is 42.5 Å². The van der Waals surface area contributed by atoms with Gasteiger partial charge in [0, 0.05) is 5.69 Å². The third-order valence-electron chi connectivity index (χ3n) is 5.26. The van der Waals surface area contributed by atoms with E-state index in [1.165, 1.54) is 11.1 Å². The molecule has 26 heavy (non-hydrogen) atoms. The molecule has 2 aromatic carbocycles. The number of carbonyl (C=O) groups is 2. The molecule has 2 aliphatic rings. The number of nitrogens with zero attached hydrogens (tertiary/aromatic N) is 1. The summed E-state index contributed by atoms with van der Waals surface area (Å²) in [5.74, 6) is 0.695. The molecule has 0 saturated carbocycles. The molecule has 2 atom stereocenters. The van der Waals surface area contributed by atoms with Gasteiger partial charge in [-0.05, 0) is 67.3 Å². The third kappa shape index (κ3) is 2.55. The summed E-state index contributed by atoms with van der Waals surface area (Å²) in [5, 5.41) is 0. The Labute approximate surface area is 152 Å². The van der Waals surface area contributed by atoms with Gasteiger partial charge in [-0.2, -0.15) is 0 Å². The SMILES string of the molecule is CCOC(=O)c1ccc(N2C(=O)[C@H]3CCc4cc(OC)ccc4[C@H]32)cc1. The summed E-state index contributed by atoms with van der Waals surface area (Å²) >= 11 is 0. The van der Waals surface area contributed by atoms with Crippen LogP contribution in [0, 0.1) is 5.92 Å². The molecule has 1 heterocycles. The van der Waals surface area contributed by atoms with Crippen molar-refractivity contribution in [2.24, 2.45) is 5.92 Å². The molecular weight excluding hydrogens is 330 g/mol. The maximum absolute atomic E-state index is 12.7. The number of hydrogen-bond donors (Lipinski definition) is 0. The van der Waals surface area contributed by atoms with Gasteiger partial charge in [0.05, 0.1) is 31.2 Å². The van der Waals surface area contributed by atoms with E-state index in [1.807, 2.05) is 23.1 Å². The van der Waals surface area contributed by atoms with Crippen LogP contribution in [0.2, 0.25) is 0 Å². The zero-order chi connectivity index (χ0) is 18.3. The lowest BCUT2D eigenvalue weighted by molar-refractivity contribution is -0.131. The number of anilines is 1. The number of hydrogen-bond acceptors (Lipinski definition) is 4. The highest BCUT2D eigenvalue weighted by atomic mass is 16.5. The maximum atomic E-state index is 12.7. The highest BCUT2D eigenvalue weighted by Gasteiger charge is 2.50. The number of benzene rings is 2. The van der Waals surface area contributed by atoms with Gasteiger partial charge >= 0.3 is 5.97 Å². The molecule has 1 fully saturated rings. The van der Waals surface area contributed by atoms with Crippen LogP contribution in [-0.4, -0.2) is 25.6 Å². The Morgan fingerprint density at radius 3 is 2.65 bits per heavy atom. The van der Waals surface area contributed by atoms with E-state index in [2.05, 4.69) is 12.1 Å². The lowest BCUT2D eigenvalue weighted by Crippen LogP contribution is -2.57. The van der Waals surface area contributed by atoms with Crippen LogP contribution in [0.25, 0.3) is 0 Å². The van der Waals surface area contributed by atoms with Crippen LogP contribution in [-0.2, 0) is 16.0 Å². The summed E-state index contributed by atoms with van der Waals surface area (Å²) in [6, 6.07) is 13.2. The van der Waals surface area contributed by atoms with E-state index in [4.69, 9.17) is 9.47 Å². The van der Waals surface area contributed by atoms with Crippen LogP contribution < -0.4 is 9.64 Å². The van der Waals surface area contributed by atoms with Gasteiger partial charge in [-0.1, -0.05) is 6.07 Å². The van der Waals surface area contributed by atoms with Crippen molar-refractivity contribution in [1.82, 2.24) is 0 Å². The third-order valence-corrected chi connectivity index (χ3v) is 5.26. The highest BCUT2D eigenvalue weighted by molar-refractivity contribution is 6.04. The minimum atomic E-state index is -0.345. The first-order valence-electron chi connectivity index (χ1n) is 8.91. The predicted octanol–water partition coefficient (Wildman–Crippen LogP) is 3.52. The summed E-state index contributed by atoms with van der Waals surface area (Å²) in [5.41, 5.74) is 3.74.